The molecule has 3 nitrogen and oxygen atoms in total. The number of hydrogen-bond donors (Lipinski definition) is 0. The van der Waals surface area contributed by atoms with Gasteiger partial charge < -0.3 is 4.42 Å². The van der Waals surface area contributed by atoms with Crippen molar-refractivity contribution in [3.8, 4) is 28.5 Å². The van der Waals surface area contributed by atoms with E-state index in [1.807, 2.05) is 25.1 Å². The molecule has 0 aliphatic rings. The molecule has 0 amide bonds. The zero-order valence-electron chi connectivity index (χ0n) is 27.8. The van der Waals surface area contributed by atoms with Gasteiger partial charge in [0.25, 0.3) is 0 Å². The van der Waals surface area contributed by atoms with Gasteiger partial charge in [-0.15, -0.1) is 0 Å². The Kier molecular flexibility index (Phi) is 3.10. The van der Waals surface area contributed by atoms with Crippen molar-refractivity contribution >= 4 is 21.9 Å². The lowest BCUT2D eigenvalue weighted by Gasteiger charge is -2.11. The van der Waals surface area contributed by atoms with Crippen LogP contribution < -0.4 is 4.57 Å². The number of benzene rings is 3. The number of nitriles is 1. The van der Waals surface area contributed by atoms with Crippen LogP contribution in [0.15, 0.2) is 71.2 Å². The van der Waals surface area contributed by atoms with Crippen LogP contribution >= 0.6 is 0 Å². The first-order chi connectivity index (χ1) is 19.5. The molecule has 0 N–H and O–H groups in total. The molecule has 33 heavy (non-hydrogen) atoms. The van der Waals surface area contributed by atoms with Crippen molar-refractivity contribution in [2.45, 2.75) is 33.5 Å². The molecule has 1 unspecified atom stereocenters. The standard InChI is InChI=1S/C30H27N2O/c1-18(2)25-17-32(5)26(15-20(25)4)27-19(3)11-13-24-28-22(16-31)12-14-23(29(28)33-30(24)27)21-9-7-6-8-10-21/h6-15,17-18H,1-5H3/q+1/i1D3,6D,7D,8D,9D,10D,18D. The average Bonchev–Trinajstić information content (AvgIpc) is 3.31. The molecule has 0 spiro atoms. The molecule has 0 fully saturated rings. The summed E-state index contributed by atoms with van der Waals surface area (Å²) in [5.74, 6) is -1.84. The predicted octanol–water partition coefficient (Wildman–Crippen LogP) is 7.36. The van der Waals surface area contributed by atoms with Gasteiger partial charge in [-0.05, 0) is 48.6 Å². The van der Waals surface area contributed by atoms with E-state index < -0.39 is 30.9 Å². The SMILES string of the molecule is [2H]c1c([2H])c([2H])c(-c2ccc(C#N)c3c2oc2c(-c4cc(C)c(C([2H])(C)C([2H])([2H])[2H])c[n+]4C)c(C)ccc23)c([2H])c1[2H]. The Morgan fingerprint density at radius 2 is 1.88 bits per heavy atom. The van der Waals surface area contributed by atoms with Gasteiger partial charge in [0, 0.05) is 33.4 Å². The van der Waals surface area contributed by atoms with Gasteiger partial charge in [-0.3, -0.25) is 0 Å². The van der Waals surface area contributed by atoms with Crippen LogP contribution in [0.5, 0.6) is 0 Å². The molecule has 162 valence electrons. The number of pyridine rings is 1. The van der Waals surface area contributed by atoms with Crippen LogP contribution in [0.2, 0.25) is 0 Å². The van der Waals surface area contributed by atoms with Gasteiger partial charge in [-0.2, -0.15) is 5.26 Å². The van der Waals surface area contributed by atoms with E-state index in [0.717, 1.165) is 5.56 Å². The van der Waals surface area contributed by atoms with Gasteiger partial charge in [-0.25, -0.2) is 4.57 Å². The minimum atomic E-state index is -2.55. The van der Waals surface area contributed by atoms with Crippen molar-refractivity contribution in [3.63, 3.8) is 0 Å². The molecule has 5 aromatic rings. The molecule has 5 rings (SSSR count). The second kappa shape index (κ2) is 7.90. The topological polar surface area (TPSA) is 40.8 Å². The summed E-state index contributed by atoms with van der Waals surface area (Å²) >= 11 is 0. The fourth-order valence-corrected chi connectivity index (χ4v) is 4.43. The Morgan fingerprint density at radius 3 is 2.61 bits per heavy atom. The minimum Gasteiger partial charge on any atom is -0.454 e. The number of nitrogens with zero attached hydrogens (tertiary/aromatic N) is 2. The highest BCUT2D eigenvalue weighted by Gasteiger charge is 2.24. The van der Waals surface area contributed by atoms with Gasteiger partial charge in [0.1, 0.15) is 18.2 Å². The van der Waals surface area contributed by atoms with E-state index in [9.17, 15) is 5.26 Å². The lowest BCUT2D eigenvalue weighted by Crippen LogP contribution is -2.32. The van der Waals surface area contributed by atoms with E-state index >= 15 is 0 Å². The smallest absolute Gasteiger partial charge is 0.216 e. The van der Waals surface area contributed by atoms with Gasteiger partial charge in [0.2, 0.25) is 5.69 Å². The molecular formula is C30H27N2O+. The van der Waals surface area contributed by atoms with Gasteiger partial charge in [0.15, 0.2) is 6.20 Å². The van der Waals surface area contributed by atoms with Crippen LogP contribution in [0.25, 0.3) is 44.3 Å². The molecule has 0 bridgehead atoms. The van der Waals surface area contributed by atoms with Crippen molar-refractivity contribution in [2.75, 3.05) is 0 Å². The number of hydrogen-bond acceptors (Lipinski definition) is 2. The summed E-state index contributed by atoms with van der Waals surface area (Å²) in [4.78, 5) is 0. The molecule has 2 heterocycles. The third-order valence-corrected chi connectivity index (χ3v) is 6.03. The normalized spacial score (nSPS) is 17.5. The predicted molar refractivity (Wildman–Crippen MR) is 134 cm³/mol. The Bertz CT molecular complexity index is 1970. The molecule has 3 heteroatoms. The van der Waals surface area contributed by atoms with Gasteiger partial charge in [-0.1, -0.05) is 56.1 Å². The molecule has 0 aliphatic heterocycles. The third kappa shape index (κ3) is 3.31. The van der Waals surface area contributed by atoms with E-state index in [1.165, 1.54) is 13.0 Å². The Morgan fingerprint density at radius 1 is 1.09 bits per heavy atom. The second-order valence-electron chi connectivity index (χ2n) is 8.20. The first-order valence-corrected chi connectivity index (χ1v) is 10.5. The second-order valence-corrected chi connectivity index (χ2v) is 8.20. The summed E-state index contributed by atoms with van der Waals surface area (Å²) in [5.41, 5.74) is 4.34. The molecular weight excluding hydrogens is 404 g/mol. The van der Waals surface area contributed by atoms with E-state index in [2.05, 4.69) is 6.07 Å². The maximum absolute atomic E-state index is 9.98. The maximum atomic E-state index is 9.98. The molecule has 0 radical (unpaired) electrons. The van der Waals surface area contributed by atoms with Gasteiger partial charge >= 0.3 is 0 Å². The van der Waals surface area contributed by atoms with Crippen molar-refractivity contribution in [3.05, 3.63) is 89.0 Å². The Balaban J connectivity index is 1.88. The Hall–Kier alpha value is -3.90. The van der Waals surface area contributed by atoms with Crippen LogP contribution in [-0.2, 0) is 7.05 Å². The van der Waals surface area contributed by atoms with Crippen molar-refractivity contribution < 1.29 is 21.3 Å². The Labute approximate surface area is 207 Å². The summed E-state index contributed by atoms with van der Waals surface area (Å²) in [6, 6.07) is 8.57. The first kappa shape index (κ1) is 13.0. The van der Waals surface area contributed by atoms with Crippen LogP contribution in [-0.4, -0.2) is 0 Å². The summed E-state index contributed by atoms with van der Waals surface area (Å²) in [5, 5.41) is 11.0. The number of fused-ring (bicyclic) bond motifs is 3. The number of aromatic nitrogens is 1. The fourth-order valence-electron chi connectivity index (χ4n) is 4.43. The third-order valence-electron chi connectivity index (χ3n) is 6.03. The highest BCUT2D eigenvalue weighted by molar-refractivity contribution is 6.15. The van der Waals surface area contributed by atoms with E-state index in [1.54, 1.807) is 30.8 Å². The van der Waals surface area contributed by atoms with Crippen LogP contribution in [0.3, 0.4) is 0 Å². The molecule has 0 aliphatic carbocycles. The van der Waals surface area contributed by atoms with Crippen molar-refractivity contribution in [2.24, 2.45) is 7.05 Å². The van der Waals surface area contributed by atoms with Crippen LogP contribution in [0.1, 0.15) is 54.3 Å². The summed E-state index contributed by atoms with van der Waals surface area (Å²) < 4.78 is 81.9. The number of aryl methyl sites for hydroxylation is 3. The summed E-state index contributed by atoms with van der Waals surface area (Å²) in [6.45, 7) is 2.48. The quantitative estimate of drug-likeness (QED) is 0.275. The van der Waals surface area contributed by atoms with E-state index in [0.29, 0.717) is 44.3 Å². The summed E-state index contributed by atoms with van der Waals surface area (Å²) in [6.07, 6.45) is 1.64. The number of furan rings is 1. The molecule has 3 aromatic carbocycles. The fraction of sp³-hybridized carbons (Fsp3) is 0.200. The highest BCUT2D eigenvalue weighted by Crippen LogP contribution is 2.42. The maximum Gasteiger partial charge on any atom is 0.216 e. The summed E-state index contributed by atoms with van der Waals surface area (Å²) in [7, 11) is 1.76. The molecule has 0 saturated heterocycles. The van der Waals surface area contributed by atoms with Crippen LogP contribution in [0, 0.1) is 25.2 Å². The average molecular weight is 441 g/mol. The van der Waals surface area contributed by atoms with Crippen molar-refractivity contribution in [1.82, 2.24) is 0 Å². The zero-order chi connectivity index (χ0) is 31.0. The molecule has 0 saturated carbocycles. The largest absolute Gasteiger partial charge is 0.454 e. The van der Waals surface area contributed by atoms with Gasteiger partial charge in [0.05, 0.1) is 24.0 Å². The lowest BCUT2D eigenvalue weighted by molar-refractivity contribution is -0.660. The first-order valence-electron chi connectivity index (χ1n) is 15.0. The monoisotopic (exact) mass is 440 g/mol. The van der Waals surface area contributed by atoms with E-state index in [-0.39, 0.29) is 28.8 Å². The lowest BCUT2D eigenvalue weighted by atomic mass is 9.94. The zero-order valence-corrected chi connectivity index (χ0v) is 18.8. The van der Waals surface area contributed by atoms with E-state index in [4.69, 9.17) is 16.8 Å². The van der Waals surface area contributed by atoms with Crippen molar-refractivity contribution in [1.29, 1.82) is 5.26 Å². The molecule has 1 atom stereocenters. The van der Waals surface area contributed by atoms with Crippen LogP contribution in [0.4, 0.5) is 0 Å². The minimum absolute atomic E-state index is 0.0297. The molecule has 2 aromatic heterocycles. The number of rotatable bonds is 3. The highest BCUT2D eigenvalue weighted by atomic mass is 16.3.